The third-order valence-electron chi connectivity index (χ3n) is 5.00. The number of hydrogen-bond acceptors (Lipinski definition) is 6. The van der Waals surface area contributed by atoms with Crippen LogP contribution in [0.3, 0.4) is 0 Å². The molecule has 0 unspecified atom stereocenters. The molecule has 3 aromatic rings. The van der Waals surface area contributed by atoms with Gasteiger partial charge >= 0.3 is 0 Å². The molecule has 0 aliphatic rings. The van der Waals surface area contributed by atoms with Crippen molar-refractivity contribution in [3.05, 3.63) is 78.9 Å². The van der Waals surface area contributed by atoms with Crippen molar-refractivity contribution in [3.63, 3.8) is 0 Å². The molecule has 0 atom stereocenters. The Morgan fingerprint density at radius 3 is 2.03 bits per heavy atom. The standard InChI is InChI=1S/C24H27N3O6S2/c1-33-22-14-10-20(11-15-22)26-35(31,32)23-16-12-19(13-17-23)25-24(28)9-6-18-27(34(2,29)30)21-7-4-3-5-8-21/h3-5,7-8,10-17,26H,6,9,18H2,1-2H3,(H,25,28). The lowest BCUT2D eigenvalue weighted by Crippen LogP contribution is -2.31. The first-order valence-corrected chi connectivity index (χ1v) is 14.0. The largest absolute Gasteiger partial charge is 0.497 e. The number of carbonyl (C=O) groups is 1. The minimum Gasteiger partial charge on any atom is -0.497 e. The van der Waals surface area contributed by atoms with Crippen molar-refractivity contribution in [2.75, 3.05) is 34.3 Å². The number of benzene rings is 3. The number of nitrogens with one attached hydrogen (secondary N) is 2. The highest BCUT2D eigenvalue weighted by Gasteiger charge is 2.18. The maximum Gasteiger partial charge on any atom is 0.261 e. The second-order valence-corrected chi connectivity index (χ2v) is 11.3. The van der Waals surface area contributed by atoms with Crippen molar-refractivity contribution >= 4 is 43.0 Å². The number of nitrogens with zero attached hydrogens (tertiary/aromatic N) is 1. The molecule has 3 rings (SSSR count). The fraction of sp³-hybridized carbons (Fsp3) is 0.208. The van der Waals surface area contributed by atoms with Gasteiger partial charge in [-0.05, 0) is 67.1 Å². The van der Waals surface area contributed by atoms with Gasteiger partial charge in [0.1, 0.15) is 5.75 Å². The average Bonchev–Trinajstić information content (AvgIpc) is 2.82. The normalized spacial score (nSPS) is 11.5. The van der Waals surface area contributed by atoms with E-state index < -0.39 is 20.0 Å². The first-order chi connectivity index (χ1) is 16.6. The van der Waals surface area contributed by atoms with E-state index in [1.54, 1.807) is 54.6 Å². The third kappa shape index (κ3) is 7.46. The van der Waals surface area contributed by atoms with Crippen molar-refractivity contribution in [3.8, 4) is 5.75 Å². The van der Waals surface area contributed by atoms with E-state index in [0.717, 1.165) is 6.26 Å². The monoisotopic (exact) mass is 517 g/mol. The second kappa shape index (κ2) is 11.2. The SMILES string of the molecule is COc1ccc(NS(=O)(=O)c2ccc(NC(=O)CCCN(c3ccccc3)S(C)(=O)=O)cc2)cc1. The lowest BCUT2D eigenvalue weighted by atomic mass is 10.2. The van der Waals surface area contributed by atoms with Gasteiger partial charge in [-0.1, -0.05) is 18.2 Å². The highest BCUT2D eigenvalue weighted by atomic mass is 32.2. The van der Waals surface area contributed by atoms with E-state index in [9.17, 15) is 21.6 Å². The van der Waals surface area contributed by atoms with Gasteiger partial charge in [-0.25, -0.2) is 16.8 Å². The zero-order valence-electron chi connectivity index (χ0n) is 19.3. The molecule has 0 heterocycles. The fourth-order valence-corrected chi connectivity index (χ4v) is 5.30. The average molecular weight is 518 g/mol. The van der Waals surface area contributed by atoms with E-state index in [4.69, 9.17) is 4.74 Å². The number of sulfonamides is 2. The van der Waals surface area contributed by atoms with Crippen LogP contribution in [0.1, 0.15) is 12.8 Å². The molecule has 0 spiro atoms. The number of hydrogen-bond donors (Lipinski definition) is 2. The molecule has 186 valence electrons. The topological polar surface area (TPSA) is 122 Å². The first-order valence-electron chi connectivity index (χ1n) is 10.7. The number of rotatable bonds is 11. The molecule has 0 bridgehead atoms. The van der Waals surface area contributed by atoms with Gasteiger partial charge in [-0.15, -0.1) is 0 Å². The van der Waals surface area contributed by atoms with Crippen molar-refractivity contribution in [2.24, 2.45) is 0 Å². The summed E-state index contributed by atoms with van der Waals surface area (Å²) in [4.78, 5) is 12.4. The number of amides is 1. The van der Waals surface area contributed by atoms with Crippen LogP contribution in [0.25, 0.3) is 0 Å². The number of para-hydroxylation sites is 1. The van der Waals surface area contributed by atoms with Gasteiger partial charge in [-0.3, -0.25) is 13.8 Å². The first kappa shape index (κ1) is 26.0. The summed E-state index contributed by atoms with van der Waals surface area (Å²) in [7, 11) is -5.77. The summed E-state index contributed by atoms with van der Waals surface area (Å²) in [5.74, 6) is 0.301. The Balaban J connectivity index is 1.55. The van der Waals surface area contributed by atoms with Crippen LogP contribution in [-0.2, 0) is 24.8 Å². The molecule has 9 nitrogen and oxygen atoms in total. The van der Waals surface area contributed by atoms with Crippen LogP contribution >= 0.6 is 0 Å². The van der Waals surface area contributed by atoms with Gasteiger partial charge in [0.05, 0.1) is 23.9 Å². The Bertz CT molecular complexity index is 1340. The Labute approximate surface area is 205 Å². The van der Waals surface area contributed by atoms with Crippen LogP contribution in [0.15, 0.2) is 83.8 Å². The number of ether oxygens (including phenoxy) is 1. The molecule has 11 heteroatoms. The number of methoxy groups -OCH3 is 1. The molecule has 0 aliphatic heterocycles. The van der Waals surface area contributed by atoms with Gasteiger partial charge in [0.15, 0.2) is 0 Å². The molecule has 0 aromatic heterocycles. The Morgan fingerprint density at radius 2 is 1.46 bits per heavy atom. The van der Waals surface area contributed by atoms with Crippen LogP contribution in [0.5, 0.6) is 5.75 Å². The third-order valence-corrected chi connectivity index (χ3v) is 7.59. The van der Waals surface area contributed by atoms with Crippen molar-refractivity contribution in [1.82, 2.24) is 0 Å². The Kier molecular flexibility index (Phi) is 8.36. The second-order valence-electron chi connectivity index (χ2n) is 7.68. The molecule has 35 heavy (non-hydrogen) atoms. The highest BCUT2D eigenvalue weighted by Crippen LogP contribution is 2.21. The van der Waals surface area contributed by atoms with Gasteiger partial charge < -0.3 is 10.1 Å². The summed E-state index contributed by atoms with van der Waals surface area (Å²) in [5.41, 5.74) is 1.36. The van der Waals surface area contributed by atoms with E-state index in [-0.39, 0.29) is 23.8 Å². The maximum atomic E-state index is 12.6. The summed E-state index contributed by atoms with van der Waals surface area (Å²) in [5, 5.41) is 2.70. The Hall–Kier alpha value is -3.57. The molecule has 0 fully saturated rings. The van der Waals surface area contributed by atoms with Crippen LogP contribution in [0.4, 0.5) is 17.1 Å². The molecule has 0 saturated carbocycles. The van der Waals surface area contributed by atoms with Crippen molar-refractivity contribution in [1.29, 1.82) is 0 Å². The molecule has 0 saturated heterocycles. The number of anilines is 3. The predicted octanol–water partition coefficient (Wildman–Crippen LogP) is 3.68. The molecular weight excluding hydrogens is 490 g/mol. The highest BCUT2D eigenvalue weighted by molar-refractivity contribution is 7.92. The van der Waals surface area contributed by atoms with Gasteiger partial charge in [0.2, 0.25) is 15.9 Å². The lowest BCUT2D eigenvalue weighted by Gasteiger charge is -2.22. The van der Waals surface area contributed by atoms with Gasteiger partial charge in [0, 0.05) is 24.3 Å². The minimum atomic E-state index is -3.81. The van der Waals surface area contributed by atoms with Crippen LogP contribution in [0, 0.1) is 0 Å². The van der Waals surface area contributed by atoms with E-state index >= 15 is 0 Å². The molecule has 1 amide bonds. The van der Waals surface area contributed by atoms with Crippen LogP contribution in [0.2, 0.25) is 0 Å². The molecular formula is C24H27N3O6S2. The fourth-order valence-electron chi connectivity index (χ4n) is 3.28. The summed E-state index contributed by atoms with van der Waals surface area (Å²) in [6.45, 7) is 0.157. The molecule has 0 radical (unpaired) electrons. The lowest BCUT2D eigenvalue weighted by molar-refractivity contribution is -0.116. The zero-order chi connectivity index (χ0) is 25.5. The minimum absolute atomic E-state index is 0.0398. The summed E-state index contributed by atoms with van der Waals surface area (Å²) < 4.78 is 58.3. The van der Waals surface area contributed by atoms with E-state index in [0.29, 0.717) is 29.2 Å². The summed E-state index contributed by atoms with van der Waals surface area (Å²) in [6, 6.07) is 20.9. The van der Waals surface area contributed by atoms with E-state index in [1.165, 1.54) is 35.7 Å². The van der Waals surface area contributed by atoms with Crippen molar-refractivity contribution < 1.29 is 26.4 Å². The summed E-state index contributed by atoms with van der Waals surface area (Å²) >= 11 is 0. The molecule has 2 N–H and O–H groups in total. The van der Waals surface area contributed by atoms with Crippen molar-refractivity contribution in [2.45, 2.75) is 17.7 Å². The smallest absolute Gasteiger partial charge is 0.261 e. The van der Waals surface area contributed by atoms with Gasteiger partial charge in [0.25, 0.3) is 10.0 Å². The Morgan fingerprint density at radius 1 is 0.857 bits per heavy atom. The van der Waals surface area contributed by atoms with Crippen LogP contribution in [-0.4, -0.2) is 42.7 Å². The van der Waals surface area contributed by atoms with E-state index in [2.05, 4.69) is 10.0 Å². The molecule has 0 aliphatic carbocycles. The van der Waals surface area contributed by atoms with E-state index in [1.807, 2.05) is 0 Å². The maximum absolute atomic E-state index is 12.6. The summed E-state index contributed by atoms with van der Waals surface area (Å²) in [6.07, 6.45) is 1.53. The quantitative estimate of drug-likeness (QED) is 0.400. The van der Waals surface area contributed by atoms with Crippen LogP contribution < -0.4 is 19.1 Å². The number of carbonyl (C=O) groups excluding carboxylic acids is 1. The zero-order valence-corrected chi connectivity index (χ0v) is 21.0. The predicted molar refractivity (Wildman–Crippen MR) is 137 cm³/mol. The molecule has 3 aromatic carbocycles. The van der Waals surface area contributed by atoms with Gasteiger partial charge in [-0.2, -0.15) is 0 Å².